The molecule has 0 rings (SSSR count). The highest BCUT2D eigenvalue weighted by Gasteiger charge is 2.30. The van der Waals surface area contributed by atoms with Crippen molar-refractivity contribution >= 4 is 93.5 Å². The molecule has 0 aromatic rings. The molecule has 0 amide bonds. The van der Waals surface area contributed by atoms with Crippen LogP contribution in [0.1, 0.15) is 0 Å². The van der Waals surface area contributed by atoms with Crippen molar-refractivity contribution in [3.63, 3.8) is 0 Å². The maximum atomic E-state index is 5.82. The molecule has 0 aromatic carbocycles. The molecule has 0 nitrogen and oxygen atoms in total. The fraction of sp³-hybridized carbons (Fsp3) is 1.00. The van der Waals surface area contributed by atoms with Crippen molar-refractivity contribution in [2.75, 3.05) is 69.5 Å². The summed E-state index contributed by atoms with van der Waals surface area (Å²) in [6.45, 7) is 0. The quantitative estimate of drug-likeness (QED) is 0.213. The first-order valence-corrected chi connectivity index (χ1v) is 13.5. The zero-order valence-electron chi connectivity index (χ0n) is 12.1. The maximum absolute atomic E-state index is 5.82. The molecule has 0 fully saturated rings. The lowest BCUT2D eigenvalue weighted by Gasteiger charge is -2.33. The standard InChI is InChI=1S/C13H24Cl4S4/c14-1-5-18-9-13(10-19-6-2-15,11-20-7-3-16)12-21-8-4-17/h1-12H2. The minimum absolute atomic E-state index is 0.320. The lowest BCUT2D eigenvalue weighted by Crippen LogP contribution is -2.34. The molecule has 0 heterocycles. The summed E-state index contributed by atoms with van der Waals surface area (Å²) in [6.07, 6.45) is 0. The zero-order chi connectivity index (χ0) is 15.8. The highest BCUT2D eigenvalue weighted by Crippen LogP contribution is 2.35. The third kappa shape index (κ3) is 13.5. The minimum atomic E-state index is 0.320. The Bertz CT molecular complexity index is 177. The Morgan fingerprint density at radius 2 is 0.714 bits per heavy atom. The summed E-state index contributed by atoms with van der Waals surface area (Å²) in [5.41, 5.74) is 0.320. The summed E-state index contributed by atoms with van der Waals surface area (Å²) in [4.78, 5) is 0. The average molecular weight is 450 g/mol. The fourth-order valence-corrected chi connectivity index (χ4v) is 7.68. The molecule has 8 heteroatoms. The molecule has 0 N–H and O–H groups in total. The SMILES string of the molecule is ClCCSCC(CSCCCl)(CSCCCl)CSCCCl. The van der Waals surface area contributed by atoms with Gasteiger partial charge in [0.15, 0.2) is 0 Å². The van der Waals surface area contributed by atoms with E-state index in [1.54, 1.807) is 0 Å². The summed E-state index contributed by atoms with van der Waals surface area (Å²) in [7, 11) is 0. The van der Waals surface area contributed by atoms with Crippen LogP contribution in [0, 0.1) is 5.41 Å². The van der Waals surface area contributed by atoms with E-state index in [0.29, 0.717) is 5.41 Å². The Hall–Kier alpha value is 2.56. The summed E-state index contributed by atoms with van der Waals surface area (Å²) in [5.74, 6) is 11.6. The van der Waals surface area contributed by atoms with E-state index < -0.39 is 0 Å². The number of hydrogen-bond donors (Lipinski definition) is 0. The van der Waals surface area contributed by atoms with E-state index in [0.717, 1.165) is 69.5 Å². The molecule has 0 aliphatic carbocycles. The van der Waals surface area contributed by atoms with Crippen LogP contribution in [-0.4, -0.2) is 69.5 Å². The predicted octanol–water partition coefficient (Wildman–Crippen LogP) is 5.86. The number of hydrogen-bond acceptors (Lipinski definition) is 4. The van der Waals surface area contributed by atoms with Gasteiger partial charge < -0.3 is 0 Å². The van der Waals surface area contributed by atoms with Crippen LogP contribution < -0.4 is 0 Å². The number of thioether (sulfide) groups is 4. The average Bonchev–Trinajstić information content (AvgIpc) is 2.48. The smallest absolute Gasteiger partial charge is 0.0314 e. The van der Waals surface area contributed by atoms with Crippen LogP contribution in [0.4, 0.5) is 0 Å². The predicted molar refractivity (Wildman–Crippen MR) is 115 cm³/mol. The Morgan fingerprint density at radius 1 is 0.476 bits per heavy atom. The Kier molecular flexibility index (Phi) is 19.5. The van der Waals surface area contributed by atoms with Crippen LogP contribution in [-0.2, 0) is 0 Å². The van der Waals surface area contributed by atoms with E-state index in [1.807, 2.05) is 47.0 Å². The molecule has 0 aliphatic heterocycles. The Balaban J connectivity index is 4.52. The Morgan fingerprint density at radius 3 is 0.905 bits per heavy atom. The molecule has 21 heavy (non-hydrogen) atoms. The second-order valence-electron chi connectivity index (χ2n) is 4.47. The van der Waals surface area contributed by atoms with Crippen LogP contribution in [0.5, 0.6) is 0 Å². The normalized spacial score (nSPS) is 12.0. The molecule has 0 bridgehead atoms. The molecular weight excluding hydrogens is 426 g/mol. The maximum Gasteiger partial charge on any atom is 0.0314 e. The molecular formula is C13H24Cl4S4. The van der Waals surface area contributed by atoms with Gasteiger partial charge in [0.1, 0.15) is 0 Å². The van der Waals surface area contributed by atoms with Gasteiger partial charge in [-0.2, -0.15) is 47.0 Å². The van der Waals surface area contributed by atoms with Crippen molar-refractivity contribution in [3.05, 3.63) is 0 Å². The topological polar surface area (TPSA) is 0 Å². The van der Waals surface area contributed by atoms with E-state index >= 15 is 0 Å². The molecule has 0 spiro atoms. The first-order valence-electron chi connectivity index (χ1n) is 6.79. The number of alkyl halides is 4. The largest absolute Gasteiger partial charge is 0.160 e. The van der Waals surface area contributed by atoms with Crippen LogP contribution >= 0.6 is 93.5 Å². The molecule has 0 saturated heterocycles. The number of halogens is 4. The molecule has 0 unspecified atom stereocenters. The summed E-state index contributed by atoms with van der Waals surface area (Å²) >= 11 is 31.1. The van der Waals surface area contributed by atoms with Gasteiger partial charge in [0.05, 0.1) is 0 Å². The van der Waals surface area contributed by atoms with Crippen molar-refractivity contribution in [2.45, 2.75) is 0 Å². The number of rotatable bonds is 16. The van der Waals surface area contributed by atoms with Crippen molar-refractivity contribution in [1.82, 2.24) is 0 Å². The van der Waals surface area contributed by atoms with Gasteiger partial charge in [0.2, 0.25) is 0 Å². The molecule has 128 valence electrons. The highest BCUT2D eigenvalue weighted by molar-refractivity contribution is 8.02. The van der Waals surface area contributed by atoms with Crippen molar-refractivity contribution in [2.24, 2.45) is 5.41 Å². The molecule has 0 aliphatic rings. The molecule has 0 radical (unpaired) electrons. The van der Waals surface area contributed by atoms with E-state index in [1.165, 1.54) is 0 Å². The summed E-state index contributed by atoms with van der Waals surface area (Å²) in [6, 6.07) is 0. The van der Waals surface area contributed by atoms with E-state index in [4.69, 9.17) is 46.4 Å². The molecule has 0 aromatic heterocycles. The molecule has 0 saturated carbocycles. The van der Waals surface area contributed by atoms with Gasteiger partial charge in [-0.15, -0.1) is 46.4 Å². The minimum Gasteiger partial charge on any atom is -0.160 e. The van der Waals surface area contributed by atoms with E-state index in [-0.39, 0.29) is 0 Å². The van der Waals surface area contributed by atoms with Crippen LogP contribution in [0.2, 0.25) is 0 Å². The first kappa shape index (κ1) is 23.6. The van der Waals surface area contributed by atoms with Crippen LogP contribution in [0.15, 0.2) is 0 Å². The Labute approximate surface area is 167 Å². The van der Waals surface area contributed by atoms with Gasteiger partial charge in [-0.25, -0.2) is 0 Å². The van der Waals surface area contributed by atoms with Gasteiger partial charge in [0.25, 0.3) is 0 Å². The van der Waals surface area contributed by atoms with E-state index in [2.05, 4.69) is 0 Å². The van der Waals surface area contributed by atoms with Crippen molar-refractivity contribution in [3.8, 4) is 0 Å². The lowest BCUT2D eigenvalue weighted by molar-refractivity contribution is 0.516. The van der Waals surface area contributed by atoms with Crippen LogP contribution in [0.3, 0.4) is 0 Å². The first-order chi connectivity index (χ1) is 10.2. The van der Waals surface area contributed by atoms with Gasteiger partial charge in [-0.3, -0.25) is 0 Å². The van der Waals surface area contributed by atoms with Gasteiger partial charge in [-0.1, -0.05) is 0 Å². The lowest BCUT2D eigenvalue weighted by atomic mass is 9.99. The summed E-state index contributed by atoms with van der Waals surface area (Å²) in [5, 5.41) is 0. The van der Waals surface area contributed by atoms with Crippen molar-refractivity contribution in [1.29, 1.82) is 0 Å². The highest BCUT2D eigenvalue weighted by atomic mass is 35.5. The van der Waals surface area contributed by atoms with Crippen LogP contribution in [0.25, 0.3) is 0 Å². The summed E-state index contributed by atoms with van der Waals surface area (Å²) < 4.78 is 0. The van der Waals surface area contributed by atoms with Gasteiger partial charge >= 0.3 is 0 Å². The second kappa shape index (κ2) is 17.4. The van der Waals surface area contributed by atoms with E-state index in [9.17, 15) is 0 Å². The van der Waals surface area contributed by atoms with Crippen molar-refractivity contribution < 1.29 is 0 Å². The van der Waals surface area contributed by atoms with Gasteiger partial charge in [0, 0.05) is 75.0 Å². The fourth-order valence-electron chi connectivity index (χ4n) is 1.62. The second-order valence-corrected chi connectivity index (χ2v) is 10.4. The zero-order valence-corrected chi connectivity index (χ0v) is 18.4. The monoisotopic (exact) mass is 448 g/mol. The third-order valence-electron chi connectivity index (χ3n) is 2.52. The third-order valence-corrected chi connectivity index (χ3v) is 9.41. The van der Waals surface area contributed by atoms with Gasteiger partial charge in [-0.05, 0) is 0 Å². The molecule has 0 atom stereocenters.